The molecule has 88 valence electrons. The molecule has 0 bridgehead atoms. The van der Waals surface area contributed by atoms with Crippen LogP contribution in [-0.2, 0) is 0 Å². The highest BCUT2D eigenvalue weighted by atomic mass is 32.1. The fourth-order valence-corrected chi connectivity index (χ4v) is 2.58. The molecule has 0 aliphatic rings. The van der Waals surface area contributed by atoms with Gasteiger partial charge in [-0.1, -0.05) is 11.3 Å². The third-order valence-corrected chi connectivity index (χ3v) is 3.49. The van der Waals surface area contributed by atoms with E-state index in [2.05, 4.69) is 20.3 Å². The number of hydrogen-bond acceptors (Lipinski definition) is 5. The van der Waals surface area contributed by atoms with Gasteiger partial charge in [0.25, 0.3) is 0 Å². The zero-order valence-corrected chi connectivity index (χ0v) is 9.89. The summed E-state index contributed by atoms with van der Waals surface area (Å²) in [6.45, 7) is 0. The molecular formula is C11H7N5OS. The topological polar surface area (TPSA) is 72.0 Å². The Kier molecular flexibility index (Phi) is 1.89. The van der Waals surface area contributed by atoms with Crippen molar-refractivity contribution >= 4 is 16.3 Å². The van der Waals surface area contributed by atoms with E-state index >= 15 is 0 Å². The van der Waals surface area contributed by atoms with Crippen LogP contribution in [0.15, 0.2) is 41.1 Å². The summed E-state index contributed by atoms with van der Waals surface area (Å²) in [5.41, 5.74) is 0.968. The predicted molar refractivity (Wildman–Crippen MR) is 66.1 cm³/mol. The van der Waals surface area contributed by atoms with Crippen LogP contribution in [0.5, 0.6) is 0 Å². The Morgan fingerprint density at radius 3 is 3.00 bits per heavy atom. The molecule has 0 atom stereocenters. The molecule has 18 heavy (non-hydrogen) atoms. The number of nitrogens with zero attached hydrogens (tertiary/aromatic N) is 4. The maximum absolute atomic E-state index is 5.32. The fourth-order valence-electron chi connectivity index (χ4n) is 1.75. The highest BCUT2D eigenvalue weighted by Crippen LogP contribution is 2.26. The lowest BCUT2D eigenvalue weighted by atomic mass is 10.4. The van der Waals surface area contributed by atoms with Crippen LogP contribution in [0, 0.1) is 0 Å². The summed E-state index contributed by atoms with van der Waals surface area (Å²) in [4.78, 5) is 3.86. The van der Waals surface area contributed by atoms with Crippen molar-refractivity contribution in [1.82, 2.24) is 24.8 Å². The van der Waals surface area contributed by atoms with Crippen LogP contribution in [0.2, 0.25) is 0 Å². The second-order valence-electron chi connectivity index (χ2n) is 3.69. The Balaban J connectivity index is 1.92. The Labute approximate surface area is 105 Å². The predicted octanol–water partition coefficient (Wildman–Crippen LogP) is 2.44. The van der Waals surface area contributed by atoms with E-state index in [0.717, 1.165) is 15.7 Å². The number of hydrogen-bond donors (Lipinski definition) is 1. The van der Waals surface area contributed by atoms with Gasteiger partial charge in [-0.25, -0.2) is 0 Å². The quantitative estimate of drug-likeness (QED) is 0.598. The molecule has 0 aliphatic heterocycles. The summed E-state index contributed by atoms with van der Waals surface area (Å²) >= 11 is 1.48. The number of nitrogens with one attached hydrogen (secondary N) is 1. The molecule has 0 radical (unpaired) electrons. The number of furan rings is 1. The first kappa shape index (κ1) is 9.60. The third kappa shape index (κ3) is 1.31. The van der Waals surface area contributed by atoms with Gasteiger partial charge in [0.2, 0.25) is 10.8 Å². The van der Waals surface area contributed by atoms with Crippen LogP contribution in [0.4, 0.5) is 0 Å². The molecule has 0 unspecified atom stereocenters. The van der Waals surface area contributed by atoms with E-state index in [0.29, 0.717) is 11.6 Å². The van der Waals surface area contributed by atoms with Crippen LogP contribution >= 0.6 is 11.3 Å². The highest BCUT2D eigenvalue weighted by Gasteiger charge is 2.15. The normalized spacial score (nSPS) is 11.3. The molecule has 4 rings (SSSR count). The third-order valence-electron chi connectivity index (χ3n) is 2.56. The lowest BCUT2D eigenvalue weighted by Crippen LogP contribution is -1.89. The van der Waals surface area contributed by atoms with Gasteiger partial charge in [0.1, 0.15) is 0 Å². The Hall–Kier alpha value is -2.41. The first-order valence-electron chi connectivity index (χ1n) is 5.32. The molecule has 4 heterocycles. The van der Waals surface area contributed by atoms with E-state index in [1.165, 1.54) is 11.3 Å². The Bertz CT molecular complexity index is 781. The van der Waals surface area contributed by atoms with Gasteiger partial charge < -0.3 is 9.40 Å². The maximum atomic E-state index is 5.32. The summed E-state index contributed by atoms with van der Waals surface area (Å²) in [7, 11) is 0. The van der Waals surface area contributed by atoms with Gasteiger partial charge in [0.15, 0.2) is 10.8 Å². The molecule has 1 N–H and O–H groups in total. The van der Waals surface area contributed by atoms with Gasteiger partial charge in [-0.2, -0.15) is 9.61 Å². The molecule has 0 spiro atoms. The van der Waals surface area contributed by atoms with Crippen molar-refractivity contribution in [2.45, 2.75) is 0 Å². The van der Waals surface area contributed by atoms with Crippen LogP contribution in [0.25, 0.3) is 27.2 Å². The Morgan fingerprint density at radius 1 is 1.22 bits per heavy atom. The molecular weight excluding hydrogens is 250 g/mol. The smallest absolute Gasteiger partial charge is 0.235 e. The van der Waals surface area contributed by atoms with E-state index < -0.39 is 0 Å². The number of H-pyrrole nitrogens is 1. The molecule has 0 amide bonds. The van der Waals surface area contributed by atoms with Crippen molar-refractivity contribution in [2.75, 3.05) is 0 Å². The summed E-state index contributed by atoms with van der Waals surface area (Å²) < 4.78 is 7.01. The van der Waals surface area contributed by atoms with E-state index in [9.17, 15) is 0 Å². The van der Waals surface area contributed by atoms with Crippen molar-refractivity contribution in [2.24, 2.45) is 0 Å². The minimum atomic E-state index is 0.615. The minimum absolute atomic E-state index is 0.615. The minimum Gasteiger partial charge on any atom is -0.461 e. The molecule has 6 nitrogen and oxygen atoms in total. The fraction of sp³-hybridized carbons (Fsp3) is 0. The lowest BCUT2D eigenvalue weighted by molar-refractivity contribution is 0.575. The maximum Gasteiger partial charge on any atom is 0.235 e. The molecule has 0 fully saturated rings. The summed E-state index contributed by atoms with van der Waals surface area (Å²) in [5.74, 6) is 1.27. The number of aromatic nitrogens is 5. The molecule has 0 saturated carbocycles. The van der Waals surface area contributed by atoms with Gasteiger partial charge in [0.05, 0.1) is 12.0 Å². The second kappa shape index (κ2) is 3.54. The monoisotopic (exact) mass is 257 g/mol. The standard InChI is InChI=1S/C11H7N5OS/c1-3-7(12-5-1)10-15-16-9(8-4-2-6-17-8)13-14-11(16)18-10/h1-6,12H. The molecule has 0 saturated heterocycles. The van der Waals surface area contributed by atoms with Crippen molar-refractivity contribution in [3.8, 4) is 22.3 Å². The van der Waals surface area contributed by atoms with Crippen LogP contribution in [0.3, 0.4) is 0 Å². The van der Waals surface area contributed by atoms with Crippen molar-refractivity contribution in [1.29, 1.82) is 0 Å². The van der Waals surface area contributed by atoms with Crippen LogP contribution in [-0.4, -0.2) is 24.8 Å². The SMILES string of the molecule is c1c[nH]c(-c2nn3c(-c4ccco4)nnc3s2)c1. The van der Waals surface area contributed by atoms with E-state index in [1.54, 1.807) is 10.8 Å². The van der Waals surface area contributed by atoms with Crippen molar-refractivity contribution < 1.29 is 4.42 Å². The van der Waals surface area contributed by atoms with Gasteiger partial charge in [-0.15, -0.1) is 10.2 Å². The Morgan fingerprint density at radius 2 is 2.22 bits per heavy atom. The van der Waals surface area contributed by atoms with Crippen LogP contribution in [0.1, 0.15) is 0 Å². The number of aromatic amines is 1. The summed E-state index contributed by atoms with van der Waals surface area (Å²) in [5, 5.41) is 13.5. The van der Waals surface area contributed by atoms with Gasteiger partial charge in [-0.3, -0.25) is 0 Å². The largest absolute Gasteiger partial charge is 0.461 e. The molecule has 4 aromatic rings. The molecule has 0 aromatic carbocycles. The molecule has 7 heteroatoms. The number of rotatable bonds is 2. The second-order valence-corrected chi connectivity index (χ2v) is 4.64. The van der Waals surface area contributed by atoms with Gasteiger partial charge in [0, 0.05) is 6.20 Å². The zero-order chi connectivity index (χ0) is 11.9. The lowest BCUT2D eigenvalue weighted by Gasteiger charge is -1.90. The molecule has 0 aliphatic carbocycles. The van der Waals surface area contributed by atoms with E-state index in [-0.39, 0.29) is 0 Å². The highest BCUT2D eigenvalue weighted by molar-refractivity contribution is 7.19. The average Bonchev–Trinajstić information content (AvgIpc) is 3.13. The van der Waals surface area contributed by atoms with Gasteiger partial charge in [-0.05, 0) is 24.3 Å². The zero-order valence-electron chi connectivity index (χ0n) is 9.07. The first-order chi connectivity index (χ1) is 8.92. The average molecular weight is 257 g/mol. The summed E-state index contributed by atoms with van der Waals surface area (Å²) in [6.07, 6.45) is 3.47. The summed E-state index contributed by atoms with van der Waals surface area (Å²) in [6, 6.07) is 7.56. The first-order valence-corrected chi connectivity index (χ1v) is 6.13. The molecule has 4 aromatic heterocycles. The van der Waals surface area contributed by atoms with Crippen LogP contribution < -0.4 is 0 Å². The van der Waals surface area contributed by atoms with Crippen molar-refractivity contribution in [3.63, 3.8) is 0 Å². The van der Waals surface area contributed by atoms with E-state index in [4.69, 9.17) is 4.42 Å². The van der Waals surface area contributed by atoms with Gasteiger partial charge >= 0.3 is 0 Å². The van der Waals surface area contributed by atoms with E-state index in [1.807, 2.05) is 30.5 Å². The van der Waals surface area contributed by atoms with Crippen molar-refractivity contribution in [3.05, 3.63) is 36.7 Å². The number of fused-ring (bicyclic) bond motifs is 1.